The lowest BCUT2D eigenvalue weighted by atomic mass is 9.93. The van der Waals surface area contributed by atoms with Crippen LogP contribution in [-0.4, -0.2) is 45.6 Å². The van der Waals surface area contributed by atoms with Crippen LogP contribution in [0.15, 0.2) is 0 Å². The number of carbonyl (C=O) groups excluding carboxylic acids is 1. The average Bonchev–Trinajstić information content (AvgIpc) is 2.61. The topological polar surface area (TPSA) is 72.5 Å². The Morgan fingerprint density at radius 2 is 2.19 bits per heavy atom. The SMILES string of the molecule is CNC1(CC(=O)OC)CCCC1S(C)(=O)=O. The minimum absolute atomic E-state index is 0.109. The molecule has 0 bridgehead atoms. The van der Waals surface area contributed by atoms with E-state index in [9.17, 15) is 13.2 Å². The number of methoxy groups -OCH3 is 1. The highest BCUT2D eigenvalue weighted by Crippen LogP contribution is 2.37. The number of carbonyl (C=O) groups is 1. The van der Waals surface area contributed by atoms with Crippen molar-refractivity contribution in [2.75, 3.05) is 20.4 Å². The summed E-state index contributed by atoms with van der Waals surface area (Å²) in [5.41, 5.74) is -0.652. The molecule has 0 radical (unpaired) electrons. The van der Waals surface area contributed by atoms with Crippen molar-refractivity contribution in [2.24, 2.45) is 0 Å². The third kappa shape index (κ3) is 2.55. The van der Waals surface area contributed by atoms with Crippen LogP contribution in [-0.2, 0) is 19.4 Å². The summed E-state index contributed by atoms with van der Waals surface area (Å²) in [6.07, 6.45) is 3.45. The lowest BCUT2D eigenvalue weighted by Crippen LogP contribution is -2.53. The van der Waals surface area contributed by atoms with Gasteiger partial charge in [-0.3, -0.25) is 4.79 Å². The van der Waals surface area contributed by atoms with Gasteiger partial charge >= 0.3 is 5.97 Å². The molecule has 0 aromatic carbocycles. The minimum atomic E-state index is -3.15. The molecule has 0 saturated heterocycles. The number of hydrogen-bond donors (Lipinski definition) is 1. The van der Waals surface area contributed by atoms with Crippen molar-refractivity contribution >= 4 is 15.8 Å². The van der Waals surface area contributed by atoms with Gasteiger partial charge in [-0.25, -0.2) is 8.42 Å². The summed E-state index contributed by atoms with van der Waals surface area (Å²) >= 11 is 0. The molecular formula is C10H19NO4S. The molecular weight excluding hydrogens is 230 g/mol. The molecule has 0 aliphatic heterocycles. The molecule has 5 nitrogen and oxygen atoms in total. The van der Waals surface area contributed by atoms with E-state index in [0.717, 1.165) is 6.42 Å². The molecule has 1 aliphatic carbocycles. The van der Waals surface area contributed by atoms with Crippen molar-refractivity contribution in [3.63, 3.8) is 0 Å². The first kappa shape index (κ1) is 13.4. The van der Waals surface area contributed by atoms with Gasteiger partial charge in [-0.15, -0.1) is 0 Å². The van der Waals surface area contributed by atoms with Gasteiger partial charge in [0, 0.05) is 11.8 Å². The zero-order valence-electron chi connectivity index (χ0n) is 9.95. The van der Waals surface area contributed by atoms with E-state index in [1.54, 1.807) is 7.05 Å². The van der Waals surface area contributed by atoms with Gasteiger partial charge in [-0.2, -0.15) is 0 Å². The molecule has 1 aliphatic rings. The molecule has 2 atom stereocenters. The van der Waals surface area contributed by atoms with Gasteiger partial charge in [0.15, 0.2) is 9.84 Å². The van der Waals surface area contributed by atoms with E-state index in [1.165, 1.54) is 13.4 Å². The Morgan fingerprint density at radius 1 is 1.56 bits per heavy atom. The molecule has 16 heavy (non-hydrogen) atoms. The summed E-state index contributed by atoms with van der Waals surface area (Å²) in [6, 6.07) is 0. The first-order chi connectivity index (χ1) is 7.35. The van der Waals surface area contributed by atoms with Gasteiger partial charge in [0.1, 0.15) is 0 Å². The Kier molecular flexibility index (Phi) is 3.96. The van der Waals surface area contributed by atoms with Crippen molar-refractivity contribution in [3.8, 4) is 0 Å². The molecule has 0 heterocycles. The first-order valence-electron chi connectivity index (χ1n) is 5.30. The molecule has 2 unspecified atom stereocenters. The normalized spacial score (nSPS) is 30.3. The Balaban J connectivity index is 2.97. The van der Waals surface area contributed by atoms with Gasteiger partial charge in [0.05, 0.1) is 18.8 Å². The second-order valence-corrected chi connectivity index (χ2v) is 6.60. The minimum Gasteiger partial charge on any atom is -0.469 e. The fourth-order valence-electron chi connectivity index (χ4n) is 2.57. The quantitative estimate of drug-likeness (QED) is 0.716. The Bertz CT molecular complexity index is 365. The van der Waals surface area contributed by atoms with Crippen molar-refractivity contribution in [3.05, 3.63) is 0 Å². The Labute approximate surface area is 96.5 Å². The largest absolute Gasteiger partial charge is 0.469 e. The summed E-state index contributed by atoms with van der Waals surface area (Å²) in [5.74, 6) is -0.370. The monoisotopic (exact) mass is 249 g/mol. The van der Waals surface area contributed by atoms with E-state index in [4.69, 9.17) is 0 Å². The molecule has 1 rings (SSSR count). The predicted molar refractivity (Wildman–Crippen MR) is 60.9 cm³/mol. The number of hydrogen-bond acceptors (Lipinski definition) is 5. The van der Waals surface area contributed by atoms with E-state index < -0.39 is 20.6 Å². The summed E-state index contributed by atoms with van der Waals surface area (Å²) < 4.78 is 28.0. The van der Waals surface area contributed by atoms with Crippen LogP contribution in [0, 0.1) is 0 Å². The molecule has 6 heteroatoms. The smallest absolute Gasteiger partial charge is 0.307 e. The molecule has 1 fully saturated rings. The van der Waals surface area contributed by atoms with E-state index in [1.807, 2.05) is 0 Å². The molecule has 1 N–H and O–H groups in total. The van der Waals surface area contributed by atoms with E-state index >= 15 is 0 Å². The van der Waals surface area contributed by atoms with Crippen LogP contribution in [0.2, 0.25) is 0 Å². The molecule has 0 amide bonds. The third-order valence-electron chi connectivity index (χ3n) is 3.41. The maximum absolute atomic E-state index is 11.7. The van der Waals surface area contributed by atoms with E-state index in [-0.39, 0.29) is 12.4 Å². The number of ether oxygens (including phenoxy) is 1. The van der Waals surface area contributed by atoms with Crippen LogP contribution < -0.4 is 5.32 Å². The van der Waals surface area contributed by atoms with Gasteiger partial charge in [0.25, 0.3) is 0 Å². The van der Waals surface area contributed by atoms with Gasteiger partial charge in [-0.05, 0) is 19.9 Å². The highest BCUT2D eigenvalue weighted by Gasteiger charge is 2.48. The van der Waals surface area contributed by atoms with Crippen molar-refractivity contribution in [1.82, 2.24) is 5.32 Å². The van der Waals surface area contributed by atoms with Crippen LogP contribution in [0.4, 0.5) is 0 Å². The summed E-state index contributed by atoms with van der Waals surface area (Å²) in [4.78, 5) is 11.3. The number of nitrogens with one attached hydrogen (secondary N) is 1. The van der Waals surface area contributed by atoms with Crippen LogP contribution >= 0.6 is 0 Å². The van der Waals surface area contributed by atoms with Crippen molar-refractivity contribution < 1.29 is 17.9 Å². The molecule has 0 aromatic rings. The van der Waals surface area contributed by atoms with E-state index in [0.29, 0.717) is 12.8 Å². The standard InChI is InChI=1S/C10H19NO4S/c1-11-10(7-9(12)15-2)6-4-5-8(10)16(3,13)14/h8,11H,4-7H2,1-3H3. The number of sulfone groups is 1. The molecule has 0 spiro atoms. The Morgan fingerprint density at radius 3 is 2.62 bits per heavy atom. The van der Waals surface area contributed by atoms with Crippen LogP contribution in [0.3, 0.4) is 0 Å². The number of esters is 1. The highest BCUT2D eigenvalue weighted by molar-refractivity contribution is 7.91. The van der Waals surface area contributed by atoms with Crippen molar-refractivity contribution in [1.29, 1.82) is 0 Å². The molecule has 1 saturated carbocycles. The number of rotatable bonds is 4. The van der Waals surface area contributed by atoms with Gasteiger partial charge < -0.3 is 10.1 Å². The summed E-state index contributed by atoms with van der Waals surface area (Å²) in [6.45, 7) is 0. The first-order valence-corrected chi connectivity index (χ1v) is 7.26. The maximum atomic E-state index is 11.7. The van der Waals surface area contributed by atoms with Crippen LogP contribution in [0.1, 0.15) is 25.7 Å². The lowest BCUT2D eigenvalue weighted by Gasteiger charge is -2.33. The van der Waals surface area contributed by atoms with Crippen molar-refractivity contribution in [2.45, 2.75) is 36.5 Å². The zero-order valence-corrected chi connectivity index (χ0v) is 10.8. The van der Waals surface area contributed by atoms with Gasteiger partial charge in [0.2, 0.25) is 0 Å². The third-order valence-corrected chi connectivity index (χ3v) is 5.13. The zero-order chi connectivity index (χ0) is 12.4. The maximum Gasteiger partial charge on any atom is 0.307 e. The van der Waals surface area contributed by atoms with Gasteiger partial charge in [-0.1, -0.05) is 6.42 Å². The Hall–Kier alpha value is -0.620. The summed E-state index contributed by atoms with van der Waals surface area (Å²) in [7, 11) is -0.130. The lowest BCUT2D eigenvalue weighted by molar-refractivity contribution is -0.142. The summed E-state index contributed by atoms with van der Waals surface area (Å²) in [5, 5.41) is 2.52. The fourth-order valence-corrected chi connectivity index (χ4v) is 4.30. The van der Waals surface area contributed by atoms with Crippen LogP contribution in [0.5, 0.6) is 0 Å². The molecule has 94 valence electrons. The highest BCUT2D eigenvalue weighted by atomic mass is 32.2. The van der Waals surface area contributed by atoms with E-state index in [2.05, 4.69) is 10.1 Å². The average molecular weight is 249 g/mol. The molecule has 0 aromatic heterocycles. The second-order valence-electron chi connectivity index (χ2n) is 4.37. The predicted octanol–water partition coefficient (Wildman–Crippen LogP) is 0.105. The fraction of sp³-hybridized carbons (Fsp3) is 0.900. The van der Waals surface area contributed by atoms with Crippen LogP contribution in [0.25, 0.3) is 0 Å². The second kappa shape index (κ2) is 4.71.